The number of aromatic nitrogens is 1. The van der Waals surface area contributed by atoms with E-state index in [1.54, 1.807) is 31.4 Å². The van der Waals surface area contributed by atoms with Crippen molar-refractivity contribution in [2.24, 2.45) is 0 Å². The van der Waals surface area contributed by atoms with Crippen molar-refractivity contribution in [1.29, 1.82) is 5.26 Å². The summed E-state index contributed by atoms with van der Waals surface area (Å²) in [5.74, 6) is 0.836. The Labute approximate surface area is 156 Å². The lowest BCUT2D eigenvalue weighted by molar-refractivity contribution is 0.102. The minimum Gasteiger partial charge on any atom is -0.497 e. The third kappa shape index (κ3) is 3.87. The van der Waals surface area contributed by atoms with Crippen LogP contribution in [0, 0.1) is 11.3 Å². The maximum atomic E-state index is 12.4. The monoisotopic (exact) mass is 362 g/mol. The molecule has 0 fully saturated rings. The summed E-state index contributed by atoms with van der Waals surface area (Å²) in [7, 11) is 1.57. The van der Waals surface area contributed by atoms with E-state index in [9.17, 15) is 10.1 Å². The Balaban J connectivity index is 1.83. The first-order valence-corrected chi connectivity index (χ1v) is 9.27. The standard InChI is InChI=1S/C21H18N2O2S/c1-3-14-7-8-19-16(9-14)10-17(12-22)21(23-19)26-13-20(24)15-5-4-6-18(11-15)25-2/h4-11H,3,13H2,1-2H3. The summed E-state index contributed by atoms with van der Waals surface area (Å²) in [6.45, 7) is 2.09. The predicted molar refractivity (Wildman–Crippen MR) is 104 cm³/mol. The molecule has 0 bridgehead atoms. The van der Waals surface area contributed by atoms with Gasteiger partial charge in [-0.05, 0) is 42.3 Å². The molecule has 0 aliphatic rings. The van der Waals surface area contributed by atoms with Crippen molar-refractivity contribution in [3.05, 3.63) is 65.2 Å². The summed E-state index contributed by atoms with van der Waals surface area (Å²) >= 11 is 1.29. The van der Waals surface area contributed by atoms with Crippen molar-refractivity contribution in [3.63, 3.8) is 0 Å². The van der Waals surface area contributed by atoms with Crippen molar-refractivity contribution in [2.75, 3.05) is 12.9 Å². The maximum Gasteiger partial charge on any atom is 0.173 e. The number of hydrogen-bond donors (Lipinski definition) is 0. The lowest BCUT2D eigenvalue weighted by Gasteiger charge is -2.07. The normalized spacial score (nSPS) is 10.5. The van der Waals surface area contributed by atoms with Crippen molar-refractivity contribution in [2.45, 2.75) is 18.4 Å². The van der Waals surface area contributed by atoms with E-state index in [1.807, 2.05) is 18.2 Å². The van der Waals surface area contributed by atoms with Crippen molar-refractivity contribution in [3.8, 4) is 11.8 Å². The molecule has 0 aliphatic carbocycles. The number of nitrogens with zero attached hydrogens (tertiary/aromatic N) is 2. The van der Waals surface area contributed by atoms with E-state index in [-0.39, 0.29) is 11.5 Å². The molecule has 5 heteroatoms. The summed E-state index contributed by atoms with van der Waals surface area (Å²) in [5.41, 5.74) is 3.12. The van der Waals surface area contributed by atoms with Gasteiger partial charge in [0.15, 0.2) is 5.78 Å². The van der Waals surface area contributed by atoms with Gasteiger partial charge in [-0.1, -0.05) is 36.9 Å². The molecule has 2 aromatic carbocycles. The number of rotatable bonds is 6. The number of carbonyl (C=O) groups excluding carboxylic acids is 1. The van der Waals surface area contributed by atoms with Gasteiger partial charge in [0.1, 0.15) is 16.8 Å². The zero-order valence-electron chi connectivity index (χ0n) is 14.7. The molecule has 3 aromatic rings. The number of thioether (sulfide) groups is 1. The molecule has 1 aromatic heterocycles. The fourth-order valence-electron chi connectivity index (χ4n) is 2.63. The number of fused-ring (bicyclic) bond motifs is 1. The molecule has 0 amide bonds. The number of hydrogen-bond acceptors (Lipinski definition) is 5. The smallest absolute Gasteiger partial charge is 0.173 e. The average Bonchev–Trinajstić information content (AvgIpc) is 2.70. The second-order valence-electron chi connectivity index (χ2n) is 5.78. The highest BCUT2D eigenvalue weighted by Gasteiger charge is 2.12. The highest BCUT2D eigenvalue weighted by atomic mass is 32.2. The Bertz CT molecular complexity index is 1010. The molecule has 0 spiro atoms. The second-order valence-corrected chi connectivity index (χ2v) is 6.74. The maximum absolute atomic E-state index is 12.4. The van der Waals surface area contributed by atoms with Gasteiger partial charge in [-0.25, -0.2) is 4.98 Å². The van der Waals surface area contributed by atoms with Gasteiger partial charge in [-0.3, -0.25) is 4.79 Å². The number of ketones is 1. The average molecular weight is 362 g/mol. The molecule has 4 nitrogen and oxygen atoms in total. The molecule has 0 unspecified atom stereocenters. The van der Waals surface area contributed by atoms with Crippen LogP contribution in [0.1, 0.15) is 28.4 Å². The van der Waals surface area contributed by atoms with Crippen LogP contribution in [-0.4, -0.2) is 23.6 Å². The third-order valence-electron chi connectivity index (χ3n) is 4.10. The van der Waals surface area contributed by atoms with Gasteiger partial charge < -0.3 is 4.74 Å². The Morgan fingerprint density at radius 3 is 2.81 bits per heavy atom. The van der Waals surface area contributed by atoms with Crippen LogP contribution in [-0.2, 0) is 6.42 Å². The van der Waals surface area contributed by atoms with E-state index in [2.05, 4.69) is 24.0 Å². The van der Waals surface area contributed by atoms with E-state index in [0.717, 1.165) is 17.3 Å². The summed E-state index contributed by atoms with van der Waals surface area (Å²) < 4.78 is 5.16. The Morgan fingerprint density at radius 1 is 1.23 bits per heavy atom. The Hall–Kier alpha value is -2.84. The van der Waals surface area contributed by atoms with Crippen LogP contribution in [0.4, 0.5) is 0 Å². The fraction of sp³-hybridized carbons (Fsp3) is 0.190. The molecular weight excluding hydrogens is 344 g/mol. The van der Waals surface area contributed by atoms with Gasteiger partial charge in [0, 0.05) is 10.9 Å². The summed E-state index contributed by atoms with van der Waals surface area (Å²) in [6, 6.07) is 17.2. The highest BCUT2D eigenvalue weighted by Crippen LogP contribution is 2.26. The van der Waals surface area contributed by atoms with Gasteiger partial charge in [-0.15, -0.1) is 0 Å². The molecule has 0 saturated carbocycles. The van der Waals surface area contributed by atoms with Crippen LogP contribution >= 0.6 is 11.8 Å². The van der Waals surface area contributed by atoms with E-state index in [1.165, 1.54) is 17.3 Å². The molecule has 0 radical (unpaired) electrons. The zero-order valence-corrected chi connectivity index (χ0v) is 15.5. The van der Waals surface area contributed by atoms with Crippen LogP contribution in [0.3, 0.4) is 0 Å². The molecule has 0 atom stereocenters. The SMILES string of the molecule is CCc1ccc2nc(SCC(=O)c3cccc(OC)c3)c(C#N)cc2c1. The molecule has 26 heavy (non-hydrogen) atoms. The first-order valence-electron chi connectivity index (χ1n) is 8.28. The van der Waals surface area contributed by atoms with Crippen molar-refractivity contribution < 1.29 is 9.53 Å². The van der Waals surface area contributed by atoms with E-state index in [4.69, 9.17) is 4.74 Å². The van der Waals surface area contributed by atoms with Crippen molar-refractivity contribution in [1.82, 2.24) is 4.98 Å². The Kier molecular flexibility index (Phi) is 5.55. The third-order valence-corrected chi connectivity index (χ3v) is 5.10. The quantitative estimate of drug-likeness (QED) is 0.472. The van der Waals surface area contributed by atoms with Gasteiger partial charge in [0.05, 0.1) is 23.9 Å². The molecule has 0 saturated heterocycles. The molecule has 1 heterocycles. The van der Waals surface area contributed by atoms with Crippen LogP contribution < -0.4 is 4.74 Å². The minimum atomic E-state index is -0.0268. The van der Waals surface area contributed by atoms with Crippen LogP contribution in [0.25, 0.3) is 10.9 Å². The molecule has 0 N–H and O–H groups in total. The number of Topliss-reactive ketones (excluding diaryl/α,β-unsaturated/α-hetero) is 1. The summed E-state index contributed by atoms with van der Waals surface area (Å²) in [4.78, 5) is 17.0. The number of aryl methyl sites for hydroxylation is 1. The topological polar surface area (TPSA) is 63.0 Å². The predicted octanol–water partition coefficient (Wildman–Crippen LogP) is 4.65. The molecule has 130 valence electrons. The number of ether oxygens (including phenoxy) is 1. The second kappa shape index (κ2) is 8.03. The number of benzene rings is 2. The summed E-state index contributed by atoms with van der Waals surface area (Å²) in [6.07, 6.45) is 0.934. The van der Waals surface area contributed by atoms with Gasteiger partial charge >= 0.3 is 0 Å². The first-order chi connectivity index (χ1) is 12.6. The van der Waals surface area contributed by atoms with Crippen LogP contribution in [0.15, 0.2) is 53.6 Å². The van der Waals surface area contributed by atoms with Gasteiger partial charge in [-0.2, -0.15) is 5.26 Å². The summed E-state index contributed by atoms with van der Waals surface area (Å²) in [5, 5.41) is 11.0. The number of nitriles is 1. The van der Waals surface area contributed by atoms with E-state index >= 15 is 0 Å². The van der Waals surface area contributed by atoms with E-state index < -0.39 is 0 Å². The molecule has 3 rings (SSSR count). The van der Waals surface area contributed by atoms with Crippen molar-refractivity contribution >= 4 is 28.4 Å². The van der Waals surface area contributed by atoms with E-state index in [0.29, 0.717) is 21.9 Å². The number of carbonyl (C=O) groups is 1. The van der Waals surface area contributed by atoms with Crippen LogP contribution in [0.5, 0.6) is 5.75 Å². The number of methoxy groups -OCH3 is 1. The fourth-order valence-corrected chi connectivity index (χ4v) is 3.49. The lowest BCUT2D eigenvalue weighted by Crippen LogP contribution is -2.03. The largest absolute Gasteiger partial charge is 0.497 e. The molecule has 0 aliphatic heterocycles. The first kappa shape index (κ1) is 18.0. The highest BCUT2D eigenvalue weighted by molar-refractivity contribution is 8.00. The zero-order chi connectivity index (χ0) is 18.5. The minimum absolute atomic E-state index is 0.0268. The molecular formula is C21H18N2O2S. The number of pyridine rings is 1. The van der Waals surface area contributed by atoms with Gasteiger partial charge in [0.25, 0.3) is 0 Å². The lowest BCUT2D eigenvalue weighted by atomic mass is 10.1. The van der Waals surface area contributed by atoms with Crippen LogP contribution in [0.2, 0.25) is 0 Å². The van der Waals surface area contributed by atoms with Gasteiger partial charge in [0.2, 0.25) is 0 Å². The Morgan fingerprint density at radius 2 is 2.08 bits per heavy atom.